The molecule has 2 atom stereocenters. The molecule has 2 aromatic heterocycles. The van der Waals surface area contributed by atoms with Gasteiger partial charge in [0, 0.05) is 15.7 Å². The average molecular weight is 549 g/mol. The molecule has 0 bridgehead atoms. The minimum absolute atomic E-state index is 0.113. The largest absolute Gasteiger partial charge is 0.455 e. The molecule has 0 spiro atoms. The number of hydrogen-bond donors (Lipinski definition) is 0. The summed E-state index contributed by atoms with van der Waals surface area (Å²) in [5, 5.41) is 10.5. The van der Waals surface area contributed by atoms with Gasteiger partial charge in [0.2, 0.25) is 0 Å². The van der Waals surface area contributed by atoms with E-state index in [1.54, 1.807) is 39.8 Å². The zero-order valence-electron chi connectivity index (χ0n) is 21.0. The highest BCUT2D eigenvalue weighted by Gasteiger charge is 2.47. The molecule has 2 aliphatic carbocycles. The normalized spacial score (nSPS) is 23.3. The van der Waals surface area contributed by atoms with Crippen molar-refractivity contribution >= 4 is 46.3 Å². The molecule has 5 nitrogen and oxygen atoms in total. The van der Waals surface area contributed by atoms with Gasteiger partial charge >= 0.3 is 5.97 Å². The number of carbonyl (C=O) groups is 2. The first-order valence-electron chi connectivity index (χ1n) is 13.2. The molecule has 1 aliphatic heterocycles. The predicted octanol–water partition coefficient (Wildman–Crippen LogP) is 7.13. The van der Waals surface area contributed by atoms with Crippen molar-refractivity contribution in [3.05, 3.63) is 86.0 Å². The van der Waals surface area contributed by atoms with Crippen LogP contribution in [0.15, 0.2) is 70.0 Å². The van der Waals surface area contributed by atoms with E-state index < -0.39 is 11.4 Å². The molecule has 0 saturated heterocycles. The molecule has 0 N–H and O–H groups in total. The molecule has 2 unspecified atom stereocenters. The third kappa shape index (κ3) is 4.64. The summed E-state index contributed by atoms with van der Waals surface area (Å²) in [7, 11) is 0. The van der Waals surface area contributed by atoms with E-state index >= 15 is 0 Å². The van der Waals surface area contributed by atoms with Crippen LogP contribution in [0.25, 0.3) is 6.08 Å². The maximum absolute atomic E-state index is 14.0. The number of allylic oxidation sites excluding steroid dienone is 1. The number of rotatable bonds is 6. The van der Waals surface area contributed by atoms with Gasteiger partial charge in [-0.05, 0) is 84.3 Å². The Morgan fingerprint density at radius 2 is 1.89 bits per heavy atom. The Morgan fingerprint density at radius 3 is 2.63 bits per heavy atom. The van der Waals surface area contributed by atoms with E-state index in [2.05, 4.69) is 23.6 Å². The fourth-order valence-corrected chi connectivity index (χ4v) is 7.75. The number of amides is 1. The summed E-state index contributed by atoms with van der Waals surface area (Å²) >= 11 is 3.31. The number of hydrazone groups is 1. The fraction of sp³-hybridized carbons (Fsp3) is 0.367. The molecular weight excluding hydrogens is 519 g/mol. The lowest BCUT2D eigenvalue weighted by atomic mass is 9.79. The Kier molecular flexibility index (Phi) is 7.01. The van der Waals surface area contributed by atoms with E-state index in [9.17, 15) is 14.0 Å². The van der Waals surface area contributed by atoms with Crippen LogP contribution in [0, 0.1) is 11.7 Å². The molecule has 196 valence electrons. The van der Waals surface area contributed by atoms with Crippen LogP contribution in [-0.2, 0) is 19.7 Å². The third-order valence-electron chi connectivity index (χ3n) is 8.00. The fourth-order valence-electron chi connectivity index (χ4n) is 6.20. The van der Waals surface area contributed by atoms with Gasteiger partial charge in [-0.25, -0.2) is 9.40 Å². The Morgan fingerprint density at radius 1 is 1.08 bits per heavy atom. The number of fused-ring (bicyclic) bond motifs is 1. The summed E-state index contributed by atoms with van der Waals surface area (Å²) in [4.78, 5) is 29.3. The first kappa shape index (κ1) is 25.2. The maximum Gasteiger partial charge on any atom is 0.317 e. The first-order valence-corrected chi connectivity index (χ1v) is 14.9. The highest BCUT2D eigenvalue weighted by atomic mass is 32.1. The number of halogens is 1. The van der Waals surface area contributed by atoms with Gasteiger partial charge in [0.1, 0.15) is 5.82 Å². The van der Waals surface area contributed by atoms with Gasteiger partial charge in [-0.2, -0.15) is 5.10 Å². The molecule has 1 amide bonds. The van der Waals surface area contributed by atoms with E-state index in [4.69, 9.17) is 9.84 Å². The number of hydrogen-bond acceptors (Lipinski definition) is 6. The summed E-state index contributed by atoms with van der Waals surface area (Å²) in [5.41, 5.74) is 1.86. The third-order valence-corrected chi connectivity index (χ3v) is 9.77. The number of benzene rings is 1. The molecule has 3 aliphatic rings. The quantitative estimate of drug-likeness (QED) is 0.308. The zero-order chi connectivity index (χ0) is 26.1. The molecule has 8 heteroatoms. The predicted molar refractivity (Wildman–Crippen MR) is 148 cm³/mol. The molecule has 0 radical (unpaired) electrons. The number of nitrogens with zero attached hydrogens (tertiary/aromatic N) is 2. The molecule has 38 heavy (non-hydrogen) atoms. The van der Waals surface area contributed by atoms with Crippen molar-refractivity contribution in [3.8, 4) is 0 Å². The number of esters is 1. The SMILES string of the molecule is O=C(COC(=O)C1(c2cccc(F)c2)CCCC1)N1N=C2/C(=C\c3cccs3)CCCC2C1c1cccs1. The first-order chi connectivity index (χ1) is 18.5. The van der Waals surface area contributed by atoms with E-state index in [0.29, 0.717) is 18.4 Å². The Bertz CT molecular complexity index is 1370. The monoisotopic (exact) mass is 548 g/mol. The highest BCUT2D eigenvalue weighted by molar-refractivity contribution is 7.11. The molecule has 6 rings (SSSR count). The topological polar surface area (TPSA) is 59.0 Å². The summed E-state index contributed by atoms with van der Waals surface area (Å²) in [6.45, 7) is -0.384. The minimum atomic E-state index is -0.906. The second kappa shape index (κ2) is 10.6. The van der Waals surface area contributed by atoms with E-state index in [0.717, 1.165) is 42.7 Å². The van der Waals surface area contributed by atoms with Gasteiger partial charge in [-0.1, -0.05) is 37.1 Å². The Labute approximate surface area is 229 Å². The Hall–Kier alpha value is -3.10. The van der Waals surface area contributed by atoms with Gasteiger partial charge in [0.15, 0.2) is 6.61 Å². The van der Waals surface area contributed by atoms with Crippen molar-refractivity contribution in [3.63, 3.8) is 0 Å². The van der Waals surface area contributed by atoms with Gasteiger partial charge in [0.05, 0.1) is 17.2 Å². The lowest BCUT2D eigenvalue weighted by Crippen LogP contribution is -2.39. The second-order valence-electron chi connectivity index (χ2n) is 10.2. The van der Waals surface area contributed by atoms with Gasteiger partial charge < -0.3 is 4.74 Å². The van der Waals surface area contributed by atoms with Crippen molar-refractivity contribution < 1.29 is 18.7 Å². The summed E-state index contributed by atoms with van der Waals surface area (Å²) in [6.07, 6.45) is 8.01. The molecule has 2 saturated carbocycles. The van der Waals surface area contributed by atoms with Crippen LogP contribution in [0.3, 0.4) is 0 Å². The summed E-state index contributed by atoms with van der Waals surface area (Å²) < 4.78 is 19.7. The standard InChI is InChI=1S/C30H29FN2O3S2/c31-22-9-4-8-21(18-22)30(13-1-2-14-30)29(35)36-19-26(34)33-28(25-12-6-16-38-25)24-11-3-7-20(27(24)32-33)17-23-10-5-15-37-23/h4-6,8-10,12,15-18,24,28H,1-3,7,11,13-14,19H2/b20-17-. The van der Waals surface area contributed by atoms with Crippen molar-refractivity contribution in [1.82, 2.24) is 5.01 Å². The van der Waals surface area contributed by atoms with Crippen LogP contribution in [-0.4, -0.2) is 29.2 Å². The van der Waals surface area contributed by atoms with Crippen LogP contribution in [0.1, 0.15) is 66.3 Å². The zero-order valence-corrected chi connectivity index (χ0v) is 22.6. The number of thiophene rings is 2. The van der Waals surface area contributed by atoms with Gasteiger partial charge in [0.25, 0.3) is 5.91 Å². The highest BCUT2D eigenvalue weighted by Crippen LogP contribution is 2.46. The smallest absolute Gasteiger partial charge is 0.317 e. The molecule has 1 aromatic carbocycles. The van der Waals surface area contributed by atoms with Crippen molar-refractivity contribution in [2.45, 2.75) is 56.4 Å². The second-order valence-corrected chi connectivity index (χ2v) is 12.2. The minimum Gasteiger partial charge on any atom is -0.455 e. The number of ether oxygens (including phenoxy) is 1. The lowest BCUT2D eigenvalue weighted by molar-refractivity contribution is -0.158. The number of carbonyl (C=O) groups excluding carboxylic acids is 2. The van der Waals surface area contributed by atoms with Crippen LogP contribution < -0.4 is 0 Å². The van der Waals surface area contributed by atoms with Crippen LogP contribution in [0.5, 0.6) is 0 Å². The Balaban J connectivity index is 1.25. The summed E-state index contributed by atoms with van der Waals surface area (Å²) in [6, 6.07) is 14.2. The molecule has 2 fully saturated rings. The van der Waals surface area contributed by atoms with Gasteiger partial charge in [-0.3, -0.25) is 9.59 Å². The van der Waals surface area contributed by atoms with E-state index in [-0.39, 0.29) is 30.3 Å². The molecule has 3 aromatic rings. The van der Waals surface area contributed by atoms with Crippen LogP contribution >= 0.6 is 22.7 Å². The lowest BCUT2D eigenvalue weighted by Gasteiger charge is -2.29. The van der Waals surface area contributed by atoms with Crippen LogP contribution in [0.2, 0.25) is 0 Å². The summed E-state index contributed by atoms with van der Waals surface area (Å²) in [5.74, 6) is -1.05. The average Bonchev–Trinajstić information content (AvgIpc) is 3.73. The van der Waals surface area contributed by atoms with Crippen molar-refractivity contribution in [1.29, 1.82) is 0 Å². The maximum atomic E-state index is 14.0. The van der Waals surface area contributed by atoms with E-state index in [1.807, 2.05) is 17.5 Å². The van der Waals surface area contributed by atoms with Crippen molar-refractivity contribution in [2.75, 3.05) is 6.61 Å². The van der Waals surface area contributed by atoms with Gasteiger partial charge in [-0.15, -0.1) is 22.7 Å². The van der Waals surface area contributed by atoms with Crippen molar-refractivity contribution in [2.24, 2.45) is 11.0 Å². The molecule has 3 heterocycles. The molecular formula is C30H29FN2O3S2. The van der Waals surface area contributed by atoms with E-state index in [1.165, 1.54) is 22.6 Å². The van der Waals surface area contributed by atoms with Crippen LogP contribution in [0.4, 0.5) is 4.39 Å².